The molecule has 0 spiro atoms. The number of aromatic nitrogens is 1. The Balaban J connectivity index is 2.24. The van der Waals surface area contributed by atoms with Gasteiger partial charge in [0, 0.05) is 23.9 Å². The lowest BCUT2D eigenvalue weighted by atomic mass is 10.1. The molecule has 1 heterocycles. The van der Waals surface area contributed by atoms with E-state index in [2.05, 4.69) is 4.98 Å². The average Bonchev–Trinajstić information content (AvgIpc) is 2.87. The van der Waals surface area contributed by atoms with Crippen LogP contribution in [0.2, 0.25) is 0 Å². The summed E-state index contributed by atoms with van der Waals surface area (Å²) < 4.78 is 4.98. The zero-order chi connectivity index (χ0) is 14.7. The summed E-state index contributed by atoms with van der Waals surface area (Å²) in [6.45, 7) is 1.87. The van der Waals surface area contributed by atoms with Crippen molar-refractivity contribution in [2.45, 2.75) is 19.4 Å². The van der Waals surface area contributed by atoms with Gasteiger partial charge in [-0.3, -0.25) is 10.1 Å². The number of methoxy groups -OCH3 is 1. The average molecular weight is 293 g/mol. The highest BCUT2D eigenvalue weighted by molar-refractivity contribution is 7.09. The molecule has 6 nitrogen and oxygen atoms in total. The molecule has 1 aromatic heterocycles. The molecule has 106 valence electrons. The fraction of sp³-hybridized carbons (Fsp3) is 0.308. The number of nitro groups is 1. The van der Waals surface area contributed by atoms with Gasteiger partial charge in [0.1, 0.15) is 0 Å². The first-order chi connectivity index (χ1) is 9.51. The lowest BCUT2D eigenvalue weighted by molar-refractivity contribution is -0.385. The Morgan fingerprint density at radius 2 is 2.30 bits per heavy atom. The van der Waals surface area contributed by atoms with Gasteiger partial charge < -0.3 is 10.5 Å². The maximum absolute atomic E-state index is 11.0. The zero-order valence-corrected chi connectivity index (χ0v) is 12.0. The zero-order valence-electron chi connectivity index (χ0n) is 11.2. The summed E-state index contributed by atoms with van der Waals surface area (Å²) in [7, 11) is 1.41. The highest BCUT2D eigenvalue weighted by Gasteiger charge is 2.16. The van der Waals surface area contributed by atoms with Gasteiger partial charge in [0.25, 0.3) is 0 Å². The van der Waals surface area contributed by atoms with Crippen molar-refractivity contribution in [1.82, 2.24) is 4.98 Å². The van der Waals surface area contributed by atoms with Gasteiger partial charge in [0.2, 0.25) is 0 Å². The Hall–Kier alpha value is -1.99. The fourth-order valence-electron chi connectivity index (χ4n) is 1.78. The summed E-state index contributed by atoms with van der Waals surface area (Å²) in [5.41, 5.74) is 7.39. The number of benzene rings is 1. The van der Waals surface area contributed by atoms with Crippen LogP contribution >= 0.6 is 11.3 Å². The molecule has 0 saturated carbocycles. The molecule has 0 amide bonds. The summed E-state index contributed by atoms with van der Waals surface area (Å²) in [6, 6.07) is 4.82. The summed E-state index contributed by atoms with van der Waals surface area (Å²) in [5.74, 6) is 0.258. The number of ether oxygens (including phenoxy) is 1. The van der Waals surface area contributed by atoms with Crippen molar-refractivity contribution in [3.05, 3.63) is 50.0 Å². The highest BCUT2D eigenvalue weighted by atomic mass is 32.1. The molecule has 0 aliphatic heterocycles. The van der Waals surface area contributed by atoms with Crippen molar-refractivity contribution in [2.75, 3.05) is 7.11 Å². The molecule has 0 aliphatic rings. The van der Waals surface area contributed by atoms with Crippen LogP contribution in [-0.2, 0) is 6.42 Å². The lowest BCUT2D eigenvalue weighted by Crippen LogP contribution is -2.05. The van der Waals surface area contributed by atoms with E-state index in [1.54, 1.807) is 12.1 Å². The van der Waals surface area contributed by atoms with Gasteiger partial charge in [-0.05, 0) is 18.6 Å². The van der Waals surface area contributed by atoms with E-state index in [4.69, 9.17) is 10.5 Å². The largest absolute Gasteiger partial charge is 0.490 e. The van der Waals surface area contributed by atoms with Crippen LogP contribution in [0.5, 0.6) is 5.75 Å². The van der Waals surface area contributed by atoms with Crippen molar-refractivity contribution < 1.29 is 9.66 Å². The van der Waals surface area contributed by atoms with Gasteiger partial charge in [-0.2, -0.15) is 0 Å². The predicted molar refractivity (Wildman–Crippen MR) is 77.2 cm³/mol. The minimum atomic E-state index is -0.447. The maximum Gasteiger partial charge on any atom is 0.311 e. The van der Waals surface area contributed by atoms with Gasteiger partial charge in [-0.25, -0.2) is 4.98 Å². The third-order valence-corrected chi connectivity index (χ3v) is 3.70. The SMILES string of the molecule is COc1ccc(Cc2nc(C(C)N)cs2)cc1[N+](=O)[O-]. The van der Waals surface area contributed by atoms with E-state index in [0.717, 1.165) is 16.3 Å². The Kier molecular flexibility index (Phi) is 4.31. The number of nitrogens with zero attached hydrogens (tertiary/aromatic N) is 2. The number of rotatable bonds is 5. The maximum atomic E-state index is 11.0. The van der Waals surface area contributed by atoms with E-state index in [1.807, 2.05) is 12.3 Å². The molecular weight excluding hydrogens is 278 g/mol. The molecule has 0 fully saturated rings. The van der Waals surface area contributed by atoms with Crippen LogP contribution in [0, 0.1) is 10.1 Å². The minimum Gasteiger partial charge on any atom is -0.490 e. The van der Waals surface area contributed by atoms with E-state index in [0.29, 0.717) is 6.42 Å². The van der Waals surface area contributed by atoms with E-state index in [1.165, 1.54) is 24.5 Å². The van der Waals surface area contributed by atoms with E-state index < -0.39 is 4.92 Å². The molecule has 2 rings (SSSR count). The summed E-state index contributed by atoms with van der Waals surface area (Å²) in [5, 5.41) is 13.8. The van der Waals surface area contributed by atoms with Crippen molar-refractivity contribution in [3.8, 4) is 5.75 Å². The summed E-state index contributed by atoms with van der Waals surface area (Å²) in [4.78, 5) is 14.9. The molecule has 2 aromatic rings. The van der Waals surface area contributed by atoms with Crippen molar-refractivity contribution in [3.63, 3.8) is 0 Å². The first kappa shape index (κ1) is 14.4. The molecule has 20 heavy (non-hydrogen) atoms. The Bertz CT molecular complexity index is 625. The van der Waals surface area contributed by atoms with E-state index in [9.17, 15) is 10.1 Å². The molecule has 1 atom stereocenters. The van der Waals surface area contributed by atoms with Gasteiger partial charge in [-0.1, -0.05) is 6.07 Å². The van der Waals surface area contributed by atoms with Crippen LogP contribution in [0.25, 0.3) is 0 Å². The smallest absolute Gasteiger partial charge is 0.311 e. The molecule has 0 radical (unpaired) electrons. The molecular formula is C13H15N3O3S. The second kappa shape index (κ2) is 5.98. The van der Waals surface area contributed by atoms with Crippen LogP contribution in [0.1, 0.15) is 29.2 Å². The van der Waals surface area contributed by atoms with Gasteiger partial charge in [0.15, 0.2) is 5.75 Å². The molecule has 0 saturated heterocycles. The Labute approximate surface area is 120 Å². The predicted octanol–water partition coefficient (Wildman–Crippen LogP) is 2.67. The Morgan fingerprint density at radius 1 is 1.55 bits per heavy atom. The first-order valence-electron chi connectivity index (χ1n) is 6.02. The summed E-state index contributed by atoms with van der Waals surface area (Å²) in [6.07, 6.45) is 0.544. The van der Waals surface area contributed by atoms with Crippen LogP contribution in [0.4, 0.5) is 5.69 Å². The van der Waals surface area contributed by atoms with Gasteiger partial charge in [-0.15, -0.1) is 11.3 Å². The molecule has 1 aromatic carbocycles. The minimum absolute atomic E-state index is 0.0334. The molecule has 2 N–H and O–H groups in total. The molecule has 0 bridgehead atoms. The number of nitro benzene ring substituents is 1. The lowest BCUT2D eigenvalue weighted by Gasteiger charge is -2.04. The number of hydrogen-bond acceptors (Lipinski definition) is 6. The van der Waals surface area contributed by atoms with Crippen LogP contribution in [0.15, 0.2) is 23.6 Å². The molecule has 0 aliphatic carbocycles. The third-order valence-electron chi connectivity index (χ3n) is 2.83. The van der Waals surface area contributed by atoms with Gasteiger partial charge in [0.05, 0.1) is 22.7 Å². The first-order valence-corrected chi connectivity index (χ1v) is 6.90. The number of hydrogen-bond donors (Lipinski definition) is 1. The quantitative estimate of drug-likeness (QED) is 0.676. The van der Waals surface area contributed by atoms with E-state index in [-0.39, 0.29) is 17.5 Å². The summed E-state index contributed by atoms with van der Waals surface area (Å²) >= 11 is 1.50. The normalized spacial score (nSPS) is 12.2. The topological polar surface area (TPSA) is 91.3 Å². The van der Waals surface area contributed by atoms with Crippen molar-refractivity contribution in [2.24, 2.45) is 5.73 Å². The second-order valence-corrected chi connectivity index (χ2v) is 5.34. The Morgan fingerprint density at radius 3 is 2.85 bits per heavy atom. The third kappa shape index (κ3) is 3.12. The van der Waals surface area contributed by atoms with Gasteiger partial charge >= 0.3 is 5.69 Å². The second-order valence-electron chi connectivity index (χ2n) is 4.39. The molecule has 1 unspecified atom stereocenters. The number of thiazole rings is 1. The van der Waals surface area contributed by atoms with Crippen LogP contribution < -0.4 is 10.5 Å². The highest BCUT2D eigenvalue weighted by Crippen LogP contribution is 2.29. The fourth-order valence-corrected chi connectivity index (χ4v) is 2.71. The van der Waals surface area contributed by atoms with Crippen LogP contribution in [-0.4, -0.2) is 17.0 Å². The van der Waals surface area contributed by atoms with Crippen molar-refractivity contribution >= 4 is 17.0 Å². The monoisotopic (exact) mass is 293 g/mol. The number of nitrogens with two attached hydrogens (primary N) is 1. The standard InChI is InChI=1S/C13H15N3O3S/c1-8(14)10-7-20-13(15-10)6-9-3-4-12(19-2)11(5-9)16(17)18/h3-5,7-8H,6,14H2,1-2H3. The van der Waals surface area contributed by atoms with Crippen molar-refractivity contribution in [1.29, 1.82) is 0 Å². The van der Waals surface area contributed by atoms with Crippen LogP contribution in [0.3, 0.4) is 0 Å². The molecule has 7 heteroatoms. The van der Waals surface area contributed by atoms with E-state index >= 15 is 0 Å².